The summed E-state index contributed by atoms with van der Waals surface area (Å²) in [5.74, 6) is 2.07. The van der Waals surface area contributed by atoms with E-state index in [0.29, 0.717) is 33.6 Å². The van der Waals surface area contributed by atoms with Gasteiger partial charge in [-0.2, -0.15) is 0 Å². The van der Waals surface area contributed by atoms with Crippen molar-refractivity contribution >= 4 is 33.1 Å². The second-order valence-electron chi connectivity index (χ2n) is 6.82. The lowest BCUT2D eigenvalue weighted by atomic mass is 10.1. The van der Waals surface area contributed by atoms with Crippen LogP contribution in [0.15, 0.2) is 34.9 Å². The number of hydrogen-bond donors (Lipinski definition) is 1. The van der Waals surface area contributed by atoms with Gasteiger partial charge in [-0.05, 0) is 50.1 Å². The Morgan fingerprint density at radius 1 is 1.10 bits per heavy atom. The van der Waals surface area contributed by atoms with Crippen LogP contribution in [0, 0.1) is 20.8 Å². The summed E-state index contributed by atoms with van der Waals surface area (Å²) in [5.41, 5.74) is 3.19. The number of ether oxygens (including phenoxy) is 2. The maximum atomic E-state index is 13.1. The molecule has 0 saturated carbocycles. The molecule has 0 bridgehead atoms. The Morgan fingerprint density at radius 3 is 2.50 bits per heavy atom. The van der Waals surface area contributed by atoms with Gasteiger partial charge in [-0.25, -0.2) is 9.97 Å². The third-order valence-corrected chi connectivity index (χ3v) is 6.08. The first-order valence-corrected chi connectivity index (χ1v) is 10.1. The molecule has 0 saturated heterocycles. The monoisotopic (exact) mass is 423 g/mol. The molecule has 0 radical (unpaired) electrons. The molecule has 0 aliphatic rings. The van der Waals surface area contributed by atoms with Gasteiger partial charge in [-0.3, -0.25) is 4.79 Å². The van der Waals surface area contributed by atoms with E-state index >= 15 is 0 Å². The Hall–Kier alpha value is -3.39. The first-order valence-electron chi connectivity index (χ1n) is 9.28. The normalized spacial score (nSPS) is 11.0. The van der Waals surface area contributed by atoms with Crippen LogP contribution in [0.4, 0.5) is 5.69 Å². The summed E-state index contributed by atoms with van der Waals surface area (Å²) in [5, 5.41) is 3.88. The van der Waals surface area contributed by atoms with E-state index in [-0.39, 0.29) is 5.91 Å². The topological polar surface area (TPSA) is 86.5 Å². The number of benzene rings is 1. The molecule has 0 spiro atoms. The molecule has 1 aromatic carbocycles. The number of anilines is 1. The second kappa shape index (κ2) is 7.79. The Kier molecular flexibility index (Phi) is 5.17. The number of rotatable bonds is 5. The molecule has 0 fully saturated rings. The number of nitrogens with one attached hydrogen (secondary N) is 1. The van der Waals surface area contributed by atoms with E-state index < -0.39 is 0 Å². The number of furan rings is 1. The first-order chi connectivity index (χ1) is 14.4. The first kappa shape index (κ1) is 19.9. The molecule has 7 nitrogen and oxygen atoms in total. The van der Waals surface area contributed by atoms with Crippen molar-refractivity contribution in [2.24, 2.45) is 0 Å². The van der Waals surface area contributed by atoms with Gasteiger partial charge in [0.15, 0.2) is 23.1 Å². The minimum absolute atomic E-state index is 0.204. The van der Waals surface area contributed by atoms with Crippen LogP contribution in [0.25, 0.3) is 21.8 Å². The maximum absolute atomic E-state index is 13.1. The van der Waals surface area contributed by atoms with Crippen molar-refractivity contribution in [1.29, 1.82) is 0 Å². The summed E-state index contributed by atoms with van der Waals surface area (Å²) in [6, 6.07) is 7.20. The summed E-state index contributed by atoms with van der Waals surface area (Å²) in [7, 11) is 3.14. The van der Waals surface area contributed by atoms with E-state index in [1.807, 2.05) is 32.9 Å². The zero-order valence-electron chi connectivity index (χ0n) is 17.3. The Balaban J connectivity index is 1.72. The van der Waals surface area contributed by atoms with Crippen molar-refractivity contribution in [3.8, 4) is 23.1 Å². The van der Waals surface area contributed by atoms with Gasteiger partial charge in [0.1, 0.15) is 4.83 Å². The number of aryl methyl sites for hydroxylation is 3. The minimum atomic E-state index is -0.204. The van der Waals surface area contributed by atoms with E-state index in [2.05, 4.69) is 15.3 Å². The predicted octanol–water partition coefficient (Wildman–Crippen LogP) is 5.15. The van der Waals surface area contributed by atoms with Crippen LogP contribution in [0.1, 0.15) is 26.5 Å². The number of nitrogens with zero attached hydrogens (tertiary/aromatic N) is 2. The fraction of sp³-hybridized carbons (Fsp3) is 0.227. The van der Waals surface area contributed by atoms with Crippen molar-refractivity contribution in [2.75, 3.05) is 19.5 Å². The average Bonchev–Trinajstić information content (AvgIpc) is 3.37. The molecule has 1 amide bonds. The molecule has 30 heavy (non-hydrogen) atoms. The molecule has 0 atom stereocenters. The van der Waals surface area contributed by atoms with Crippen LogP contribution in [0.3, 0.4) is 0 Å². The standard InChI is InChI=1S/C22H21N3O4S/c1-11-9-16(27-4)17(28-5)10-14(11)24-21(26)19-12(2)18-13(3)23-20(25-22(18)30-19)15-7-6-8-29-15/h6-10H,1-5H3,(H,24,26). The van der Waals surface area contributed by atoms with Gasteiger partial charge in [0, 0.05) is 17.1 Å². The average molecular weight is 423 g/mol. The quantitative estimate of drug-likeness (QED) is 0.478. The van der Waals surface area contributed by atoms with Crippen molar-refractivity contribution < 1.29 is 18.7 Å². The van der Waals surface area contributed by atoms with Gasteiger partial charge >= 0.3 is 0 Å². The molecule has 0 aliphatic heterocycles. The van der Waals surface area contributed by atoms with Gasteiger partial charge in [0.2, 0.25) is 0 Å². The highest BCUT2D eigenvalue weighted by atomic mass is 32.1. The van der Waals surface area contributed by atoms with E-state index in [1.165, 1.54) is 11.3 Å². The number of carbonyl (C=O) groups is 1. The highest BCUT2D eigenvalue weighted by molar-refractivity contribution is 7.20. The summed E-state index contributed by atoms with van der Waals surface area (Å²) < 4.78 is 16.1. The molecular formula is C22H21N3O4S. The van der Waals surface area contributed by atoms with Gasteiger partial charge < -0.3 is 19.2 Å². The van der Waals surface area contributed by atoms with Crippen LogP contribution in [0.5, 0.6) is 11.5 Å². The molecule has 3 aromatic heterocycles. The minimum Gasteiger partial charge on any atom is -0.493 e. The van der Waals surface area contributed by atoms with Gasteiger partial charge in [-0.15, -0.1) is 11.3 Å². The summed E-state index contributed by atoms with van der Waals surface area (Å²) in [6.45, 7) is 5.73. The van der Waals surface area contributed by atoms with Crippen LogP contribution in [-0.4, -0.2) is 30.1 Å². The molecule has 3 heterocycles. The Bertz CT molecular complexity index is 1250. The number of amides is 1. The van der Waals surface area contributed by atoms with Gasteiger partial charge in [0.05, 0.1) is 31.1 Å². The lowest BCUT2D eigenvalue weighted by molar-refractivity contribution is 0.103. The lowest BCUT2D eigenvalue weighted by Crippen LogP contribution is -2.12. The van der Waals surface area contributed by atoms with E-state index in [4.69, 9.17) is 13.9 Å². The Morgan fingerprint density at radius 2 is 1.83 bits per heavy atom. The van der Waals surface area contributed by atoms with Crippen molar-refractivity contribution in [3.05, 3.63) is 52.2 Å². The molecule has 154 valence electrons. The molecule has 4 aromatic rings. The second-order valence-corrected chi connectivity index (χ2v) is 7.82. The fourth-order valence-electron chi connectivity index (χ4n) is 3.37. The zero-order valence-corrected chi connectivity index (χ0v) is 18.1. The van der Waals surface area contributed by atoms with Crippen molar-refractivity contribution in [2.45, 2.75) is 20.8 Å². The third-order valence-electron chi connectivity index (χ3n) is 4.90. The van der Waals surface area contributed by atoms with Crippen LogP contribution in [0.2, 0.25) is 0 Å². The molecule has 0 unspecified atom stereocenters. The number of carbonyl (C=O) groups excluding carboxylic acids is 1. The number of thiophene rings is 1. The number of aromatic nitrogens is 2. The predicted molar refractivity (Wildman–Crippen MR) is 117 cm³/mol. The van der Waals surface area contributed by atoms with Crippen LogP contribution in [-0.2, 0) is 0 Å². The fourth-order valence-corrected chi connectivity index (χ4v) is 4.49. The van der Waals surface area contributed by atoms with Crippen molar-refractivity contribution in [1.82, 2.24) is 9.97 Å². The SMILES string of the molecule is COc1cc(C)c(NC(=O)c2sc3nc(-c4ccco4)nc(C)c3c2C)cc1OC. The number of methoxy groups -OCH3 is 2. The summed E-state index contributed by atoms with van der Waals surface area (Å²) >= 11 is 1.34. The molecule has 0 aliphatic carbocycles. The van der Waals surface area contributed by atoms with Gasteiger partial charge in [-0.1, -0.05) is 0 Å². The molecular weight excluding hydrogens is 402 g/mol. The molecule has 4 rings (SSSR count). The van der Waals surface area contributed by atoms with Gasteiger partial charge in [0.25, 0.3) is 5.91 Å². The largest absolute Gasteiger partial charge is 0.493 e. The maximum Gasteiger partial charge on any atom is 0.266 e. The number of hydrogen-bond acceptors (Lipinski definition) is 7. The highest BCUT2D eigenvalue weighted by Crippen LogP contribution is 2.36. The lowest BCUT2D eigenvalue weighted by Gasteiger charge is -2.13. The summed E-state index contributed by atoms with van der Waals surface area (Å²) in [4.78, 5) is 23.6. The zero-order chi connectivity index (χ0) is 21.4. The van der Waals surface area contributed by atoms with Crippen LogP contribution >= 0.6 is 11.3 Å². The molecule has 8 heteroatoms. The summed E-state index contributed by atoms with van der Waals surface area (Å²) in [6.07, 6.45) is 1.59. The van der Waals surface area contributed by atoms with E-state index in [9.17, 15) is 4.79 Å². The van der Waals surface area contributed by atoms with E-state index in [1.54, 1.807) is 32.6 Å². The van der Waals surface area contributed by atoms with Crippen molar-refractivity contribution in [3.63, 3.8) is 0 Å². The highest BCUT2D eigenvalue weighted by Gasteiger charge is 2.21. The smallest absolute Gasteiger partial charge is 0.266 e. The van der Waals surface area contributed by atoms with Crippen LogP contribution < -0.4 is 14.8 Å². The molecule has 1 N–H and O–H groups in total. The van der Waals surface area contributed by atoms with E-state index in [0.717, 1.165) is 27.0 Å². The Labute approximate surface area is 177 Å². The number of fused-ring (bicyclic) bond motifs is 1. The third kappa shape index (κ3) is 3.39.